The van der Waals surface area contributed by atoms with E-state index >= 15 is 0 Å². The molecular formula is C12H22N2O4. The molecule has 1 unspecified atom stereocenters. The predicted molar refractivity (Wildman–Crippen MR) is 66.2 cm³/mol. The van der Waals surface area contributed by atoms with E-state index in [2.05, 4.69) is 5.32 Å². The third-order valence-electron chi connectivity index (χ3n) is 3.22. The smallest absolute Gasteiger partial charge is 0.317 e. The molecule has 0 aromatic heterocycles. The van der Waals surface area contributed by atoms with Gasteiger partial charge in [0, 0.05) is 13.1 Å². The number of nitrogens with one attached hydrogen (secondary N) is 1. The Morgan fingerprint density at radius 1 is 1.44 bits per heavy atom. The average molecular weight is 258 g/mol. The molecule has 1 saturated heterocycles. The minimum absolute atomic E-state index is 0.0693. The second-order valence-corrected chi connectivity index (χ2v) is 5.87. The van der Waals surface area contributed by atoms with Crippen molar-refractivity contribution in [3.05, 3.63) is 0 Å². The van der Waals surface area contributed by atoms with Crippen LogP contribution in [0.3, 0.4) is 0 Å². The zero-order valence-corrected chi connectivity index (χ0v) is 11.2. The largest absolute Gasteiger partial charge is 0.481 e. The lowest BCUT2D eigenvalue weighted by atomic mass is 9.94. The van der Waals surface area contributed by atoms with E-state index in [1.807, 2.05) is 0 Å². The lowest BCUT2D eigenvalue weighted by Crippen LogP contribution is -2.53. The first-order chi connectivity index (χ1) is 8.14. The normalized spacial score (nSPS) is 24.8. The summed E-state index contributed by atoms with van der Waals surface area (Å²) in [5.74, 6) is -0.951. The zero-order chi connectivity index (χ0) is 14.0. The number of urea groups is 1. The van der Waals surface area contributed by atoms with Crippen molar-refractivity contribution in [2.75, 3.05) is 19.6 Å². The lowest BCUT2D eigenvalue weighted by molar-refractivity contribution is -0.146. The molecule has 0 radical (unpaired) electrons. The Morgan fingerprint density at radius 3 is 2.56 bits per heavy atom. The van der Waals surface area contributed by atoms with E-state index in [-0.39, 0.29) is 19.1 Å². The number of β-amino-alcohol motifs (C(OH)–C–C–N with tert-alkyl or cyclic N) is 1. The number of aliphatic hydroxyl groups is 1. The van der Waals surface area contributed by atoms with Crippen molar-refractivity contribution in [1.82, 2.24) is 10.2 Å². The zero-order valence-electron chi connectivity index (χ0n) is 11.2. The molecule has 1 heterocycles. The number of carbonyl (C=O) groups is 2. The Balaban J connectivity index is 2.49. The van der Waals surface area contributed by atoms with Gasteiger partial charge in [-0.15, -0.1) is 0 Å². The van der Waals surface area contributed by atoms with E-state index in [1.54, 1.807) is 20.8 Å². The molecular weight excluding hydrogens is 236 g/mol. The standard InChI is InChI=1S/C12H22N2O4/c1-11(2,9(15)16)7-13-10(17)14-6-4-5-12(3,18)8-14/h18H,4-8H2,1-3H3,(H,13,17)(H,15,16). The summed E-state index contributed by atoms with van der Waals surface area (Å²) < 4.78 is 0. The van der Waals surface area contributed by atoms with Crippen LogP contribution in [0.25, 0.3) is 0 Å². The van der Waals surface area contributed by atoms with Gasteiger partial charge in [0.1, 0.15) is 0 Å². The van der Waals surface area contributed by atoms with Gasteiger partial charge in [-0.3, -0.25) is 4.79 Å². The highest BCUT2D eigenvalue weighted by Crippen LogP contribution is 2.20. The maximum Gasteiger partial charge on any atom is 0.317 e. The maximum atomic E-state index is 11.9. The van der Waals surface area contributed by atoms with Gasteiger partial charge in [0.05, 0.1) is 17.6 Å². The number of amides is 2. The molecule has 0 bridgehead atoms. The van der Waals surface area contributed by atoms with Crippen LogP contribution < -0.4 is 5.32 Å². The Bertz CT molecular complexity index is 339. The number of hydrogen-bond acceptors (Lipinski definition) is 3. The van der Waals surface area contributed by atoms with Crippen molar-refractivity contribution in [2.45, 2.75) is 39.2 Å². The van der Waals surface area contributed by atoms with Crippen LogP contribution in [0.1, 0.15) is 33.6 Å². The van der Waals surface area contributed by atoms with Gasteiger partial charge < -0.3 is 20.4 Å². The highest BCUT2D eigenvalue weighted by atomic mass is 16.4. The van der Waals surface area contributed by atoms with Crippen LogP contribution in [0.2, 0.25) is 0 Å². The summed E-state index contributed by atoms with van der Waals surface area (Å²) in [5, 5.41) is 21.4. The lowest BCUT2D eigenvalue weighted by Gasteiger charge is -2.37. The summed E-state index contributed by atoms with van der Waals surface area (Å²) in [4.78, 5) is 24.3. The van der Waals surface area contributed by atoms with Gasteiger partial charge in [-0.25, -0.2) is 4.79 Å². The molecule has 104 valence electrons. The van der Waals surface area contributed by atoms with Crippen LogP contribution in [0, 0.1) is 5.41 Å². The average Bonchev–Trinajstić information content (AvgIpc) is 2.24. The molecule has 0 saturated carbocycles. The molecule has 2 amide bonds. The number of carboxylic acids is 1. The van der Waals surface area contributed by atoms with Crippen LogP contribution in [0.5, 0.6) is 0 Å². The maximum absolute atomic E-state index is 11.9. The first-order valence-corrected chi connectivity index (χ1v) is 6.13. The van der Waals surface area contributed by atoms with Crippen LogP contribution in [0.4, 0.5) is 4.79 Å². The molecule has 3 N–H and O–H groups in total. The molecule has 6 nitrogen and oxygen atoms in total. The number of piperidine rings is 1. The van der Waals surface area contributed by atoms with E-state index in [0.717, 1.165) is 6.42 Å². The monoisotopic (exact) mass is 258 g/mol. The molecule has 0 spiro atoms. The predicted octanol–water partition coefficient (Wildman–Crippen LogP) is 0.654. The molecule has 1 fully saturated rings. The quantitative estimate of drug-likeness (QED) is 0.693. The number of nitrogens with zero attached hydrogens (tertiary/aromatic N) is 1. The molecule has 6 heteroatoms. The van der Waals surface area contributed by atoms with Crippen molar-refractivity contribution >= 4 is 12.0 Å². The van der Waals surface area contributed by atoms with Gasteiger partial charge in [-0.1, -0.05) is 0 Å². The van der Waals surface area contributed by atoms with Crippen LogP contribution >= 0.6 is 0 Å². The van der Waals surface area contributed by atoms with Crippen molar-refractivity contribution < 1.29 is 19.8 Å². The Morgan fingerprint density at radius 2 is 2.06 bits per heavy atom. The second kappa shape index (κ2) is 5.14. The Labute approximate surface area is 107 Å². The van der Waals surface area contributed by atoms with Crippen molar-refractivity contribution in [3.8, 4) is 0 Å². The second-order valence-electron chi connectivity index (χ2n) is 5.87. The van der Waals surface area contributed by atoms with E-state index < -0.39 is 17.0 Å². The van der Waals surface area contributed by atoms with Gasteiger partial charge in [0.25, 0.3) is 0 Å². The third kappa shape index (κ3) is 3.87. The van der Waals surface area contributed by atoms with Crippen molar-refractivity contribution in [3.63, 3.8) is 0 Å². The number of rotatable bonds is 3. The molecule has 0 aliphatic carbocycles. The van der Waals surface area contributed by atoms with E-state index in [0.29, 0.717) is 13.0 Å². The van der Waals surface area contributed by atoms with Crippen LogP contribution in [-0.4, -0.2) is 52.3 Å². The summed E-state index contributed by atoms with van der Waals surface area (Å²) >= 11 is 0. The first kappa shape index (κ1) is 14.8. The first-order valence-electron chi connectivity index (χ1n) is 6.13. The molecule has 0 aromatic carbocycles. The van der Waals surface area contributed by atoms with Gasteiger partial charge in [-0.05, 0) is 33.6 Å². The van der Waals surface area contributed by atoms with Crippen LogP contribution in [-0.2, 0) is 4.79 Å². The van der Waals surface area contributed by atoms with Gasteiger partial charge in [0.2, 0.25) is 0 Å². The number of carboxylic acid groups (broad SMARTS) is 1. The minimum atomic E-state index is -0.992. The Hall–Kier alpha value is -1.30. The number of aliphatic carboxylic acids is 1. The molecule has 1 atom stereocenters. The molecule has 1 aliphatic heterocycles. The fraction of sp³-hybridized carbons (Fsp3) is 0.833. The number of carbonyl (C=O) groups excluding carboxylic acids is 1. The molecule has 0 aromatic rings. The van der Waals surface area contributed by atoms with E-state index in [9.17, 15) is 14.7 Å². The summed E-state index contributed by atoms with van der Waals surface area (Å²) in [7, 11) is 0. The fourth-order valence-electron chi connectivity index (χ4n) is 1.88. The van der Waals surface area contributed by atoms with Gasteiger partial charge in [0.15, 0.2) is 0 Å². The molecule has 1 rings (SSSR count). The highest BCUT2D eigenvalue weighted by molar-refractivity contribution is 5.77. The van der Waals surface area contributed by atoms with Crippen molar-refractivity contribution in [1.29, 1.82) is 0 Å². The fourth-order valence-corrected chi connectivity index (χ4v) is 1.88. The SMILES string of the molecule is CC1(O)CCCN(C(=O)NCC(C)(C)C(=O)O)C1. The third-order valence-corrected chi connectivity index (χ3v) is 3.22. The molecule has 1 aliphatic rings. The summed E-state index contributed by atoms with van der Waals surface area (Å²) in [6.45, 7) is 5.76. The minimum Gasteiger partial charge on any atom is -0.481 e. The van der Waals surface area contributed by atoms with E-state index in [1.165, 1.54) is 4.90 Å². The summed E-state index contributed by atoms with van der Waals surface area (Å²) in [6, 6.07) is -0.315. The van der Waals surface area contributed by atoms with Crippen molar-refractivity contribution in [2.24, 2.45) is 5.41 Å². The molecule has 18 heavy (non-hydrogen) atoms. The van der Waals surface area contributed by atoms with Gasteiger partial charge >= 0.3 is 12.0 Å². The number of hydrogen-bond donors (Lipinski definition) is 3. The summed E-state index contributed by atoms with van der Waals surface area (Å²) in [6.07, 6.45) is 1.43. The van der Waals surface area contributed by atoms with Crippen LogP contribution in [0.15, 0.2) is 0 Å². The van der Waals surface area contributed by atoms with E-state index in [4.69, 9.17) is 5.11 Å². The Kier molecular flexibility index (Phi) is 4.21. The summed E-state index contributed by atoms with van der Waals surface area (Å²) in [5.41, 5.74) is -1.84. The highest BCUT2D eigenvalue weighted by Gasteiger charge is 2.32. The van der Waals surface area contributed by atoms with Gasteiger partial charge in [-0.2, -0.15) is 0 Å². The number of likely N-dealkylation sites (tertiary alicyclic amines) is 1. The topological polar surface area (TPSA) is 89.9 Å².